The highest BCUT2D eigenvalue weighted by Crippen LogP contribution is 2.08. The van der Waals surface area contributed by atoms with Crippen LogP contribution in [0, 0.1) is 5.82 Å². The van der Waals surface area contributed by atoms with Crippen LogP contribution in [0.4, 0.5) is 4.39 Å². The zero-order chi connectivity index (χ0) is 14.3. The zero-order valence-electron chi connectivity index (χ0n) is 11.1. The maximum absolute atomic E-state index is 13.4. The third-order valence-corrected chi connectivity index (χ3v) is 2.76. The van der Waals surface area contributed by atoms with Gasteiger partial charge in [0.25, 0.3) is 5.91 Å². The Bertz CT molecular complexity index is 448. The van der Waals surface area contributed by atoms with Crippen molar-refractivity contribution >= 4 is 11.9 Å². The van der Waals surface area contributed by atoms with Crippen LogP contribution in [0.15, 0.2) is 24.3 Å². The predicted molar refractivity (Wildman–Crippen MR) is 69.2 cm³/mol. The first-order valence-corrected chi connectivity index (χ1v) is 6.23. The van der Waals surface area contributed by atoms with Gasteiger partial charge in [0, 0.05) is 0 Å². The molecule has 0 aliphatic rings. The number of unbranched alkanes of at least 4 members (excludes halogenated alkanes) is 1. The molecule has 5 heteroatoms. The van der Waals surface area contributed by atoms with Crippen molar-refractivity contribution in [3.63, 3.8) is 0 Å². The smallest absolute Gasteiger partial charge is 0.328 e. The van der Waals surface area contributed by atoms with Gasteiger partial charge in [-0.1, -0.05) is 31.9 Å². The largest absolute Gasteiger partial charge is 0.467 e. The zero-order valence-corrected chi connectivity index (χ0v) is 11.1. The van der Waals surface area contributed by atoms with E-state index in [2.05, 4.69) is 10.1 Å². The molecule has 0 aliphatic heterocycles. The van der Waals surface area contributed by atoms with Crippen molar-refractivity contribution in [3.05, 3.63) is 35.6 Å². The predicted octanol–water partition coefficient (Wildman–Crippen LogP) is 2.29. The molecule has 1 atom stereocenters. The Kier molecular flexibility index (Phi) is 5.99. The van der Waals surface area contributed by atoms with Crippen LogP contribution in [0.5, 0.6) is 0 Å². The average Bonchev–Trinajstić information content (AvgIpc) is 2.42. The van der Waals surface area contributed by atoms with Crippen molar-refractivity contribution < 1.29 is 18.7 Å². The van der Waals surface area contributed by atoms with Crippen molar-refractivity contribution in [2.45, 2.75) is 32.2 Å². The van der Waals surface area contributed by atoms with Crippen LogP contribution >= 0.6 is 0 Å². The average molecular weight is 267 g/mol. The standard InChI is InChI=1S/C14H18FNO3/c1-3-4-9-12(14(18)19-2)16-13(17)10-7-5-6-8-11(10)15/h5-8,12H,3-4,9H2,1-2H3,(H,16,17)/t12-/m0/s1. The quantitative estimate of drug-likeness (QED) is 0.804. The molecule has 0 aromatic heterocycles. The van der Waals surface area contributed by atoms with E-state index >= 15 is 0 Å². The minimum atomic E-state index is -0.739. The summed E-state index contributed by atoms with van der Waals surface area (Å²) >= 11 is 0. The maximum atomic E-state index is 13.4. The molecule has 1 aromatic carbocycles. The van der Waals surface area contributed by atoms with E-state index in [9.17, 15) is 14.0 Å². The van der Waals surface area contributed by atoms with Crippen LogP contribution in [0.2, 0.25) is 0 Å². The summed E-state index contributed by atoms with van der Waals surface area (Å²) in [6.07, 6.45) is 2.14. The highest BCUT2D eigenvalue weighted by molar-refractivity contribution is 5.96. The van der Waals surface area contributed by atoms with E-state index in [4.69, 9.17) is 0 Å². The third kappa shape index (κ3) is 4.35. The van der Waals surface area contributed by atoms with Gasteiger partial charge in [-0.2, -0.15) is 0 Å². The van der Waals surface area contributed by atoms with E-state index in [0.29, 0.717) is 6.42 Å². The molecular weight excluding hydrogens is 249 g/mol. The third-order valence-electron chi connectivity index (χ3n) is 2.76. The van der Waals surface area contributed by atoms with Crippen LogP contribution < -0.4 is 5.32 Å². The van der Waals surface area contributed by atoms with Crippen LogP contribution in [0.3, 0.4) is 0 Å². The molecule has 1 aromatic rings. The molecule has 0 radical (unpaired) electrons. The Morgan fingerprint density at radius 3 is 2.63 bits per heavy atom. The Morgan fingerprint density at radius 2 is 2.05 bits per heavy atom. The van der Waals surface area contributed by atoms with Crippen molar-refractivity contribution in [1.82, 2.24) is 5.32 Å². The Balaban J connectivity index is 2.76. The summed E-state index contributed by atoms with van der Waals surface area (Å²) in [4.78, 5) is 23.4. The molecule has 1 rings (SSSR count). The molecule has 0 saturated heterocycles. The van der Waals surface area contributed by atoms with Crippen LogP contribution in [-0.4, -0.2) is 25.0 Å². The number of rotatable bonds is 6. The van der Waals surface area contributed by atoms with Crippen molar-refractivity contribution in [2.24, 2.45) is 0 Å². The lowest BCUT2D eigenvalue weighted by Gasteiger charge is -2.16. The molecule has 4 nitrogen and oxygen atoms in total. The summed E-state index contributed by atoms with van der Waals surface area (Å²) in [7, 11) is 1.26. The molecule has 0 spiro atoms. The molecule has 19 heavy (non-hydrogen) atoms. The second kappa shape index (κ2) is 7.51. The van der Waals surface area contributed by atoms with Gasteiger partial charge in [-0.25, -0.2) is 9.18 Å². The van der Waals surface area contributed by atoms with Gasteiger partial charge < -0.3 is 10.1 Å². The van der Waals surface area contributed by atoms with E-state index in [-0.39, 0.29) is 5.56 Å². The van der Waals surface area contributed by atoms with E-state index < -0.39 is 23.7 Å². The van der Waals surface area contributed by atoms with E-state index in [0.717, 1.165) is 12.8 Å². The van der Waals surface area contributed by atoms with Crippen LogP contribution in [-0.2, 0) is 9.53 Å². The molecule has 0 saturated carbocycles. The van der Waals surface area contributed by atoms with Crippen molar-refractivity contribution in [3.8, 4) is 0 Å². The minimum Gasteiger partial charge on any atom is -0.467 e. The maximum Gasteiger partial charge on any atom is 0.328 e. The van der Waals surface area contributed by atoms with Gasteiger partial charge >= 0.3 is 5.97 Å². The summed E-state index contributed by atoms with van der Waals surface area (Å²) in [5, 5.41) is 2.51. The van der Waals surface area contributed by atoms with Gasteiger partial charge in [-0.3, -0.25) is 4.79 Å². The number of esters is 1. The molecule has 0 heterocycles. The molecule has 0 unspecified atom stereocenters. The number of nitrogens with one attached hydrogen (secondary N) is 1. The van der Waals surface area contributed by atoms with Crippen LogP contribution in [0.25, 0.3) is 0 Å². The van der Waals surface area contributed by atoms with Gasteiger partial charge in [0.2, 0.25) is 0 Å². The van der Waals surface area contributed by atoms with Gasteiger partial charge in [-0.05, 0) is 18.6 Å². The van der Waals surface area contributed by atoms with Crippen LogP contribution in [0.1, 0.15) is 36.5 Å². The lowest BCUT2D eigenvalue weighted by atomic mass is 10.1. The molecule has 1 amide bonds. The summed E-state index contributed by atoms with van der Waals surface area (Å²) in [6.45, 7) is 1.98. The lowest BCUT2D eigenvalue weighted by molar-refractivity contribution is -0.143. The van der Waals surface area contributed by atoms with Crippen molar-refractivity contribution in [2.75, 3.05) is 7.11 Å². The Labute approximate surface area is 112 Å². The number of hydrogen-bond acceptors (Lipinski definition) is 3. The molecule has 0 aliphatic carbocycles. The first-order valence-electron chi connectivity index (χ1n) is 6.23. The van der Waals surface area contributed by atoms with E-state index in [1.807, 2.05) is 6.92 Å². The van der Waals surface area contributed by atoms with Gasteiger partial charge in [0.05, 0.1) is 12.7 Å². The summed E-state index contributed by atoms with van der Waals surface area (Å²) in [5.41, 5.74) is -0.0760. The number of hydrogen-bond donors (Lipinski definition) is 1. The Hall–Kier alpha value is -1.91. The fourth-order valence-corrected chi connectivity index (χ4v) is 1.68. The first kappa shape index (κ1) is 15.1. The van der Waals surface area contributed by atoms with Crippen molar-refractivity contribution in [1.29, 1.82) is 0 Å². The van der Waals surface area contributed by atoms with E-state index in [1.54, 1.807) is 6.07 Å². The molecule has 104 valence electrons. The normalized spacial score (nSPS) is 11.7. The molecular formula is C14H18FNO3. The highest BCUT2D eigenvalue weighted by atomic mass is 19.1. The fourth-order valence-electron chi connectivity index (χ4n) is 1.68. The molecule has 0 fully saturated rings. The number of benzene rings is 1. The fraction of sp³-hybridized carbons (Fsp3) is 0.429. The second-order valence-corrected chi connectivity index (χ2v) is 4.17. The minimum absolute atomic E-state index is 0.0760. The number of ether oxygens (including phenoxy) is 1. The molecule has 0 bridgehead atoms. The van der Waals surface area contributed by atoms with Gasteiger partial charge in [0.15, 0.2) is 0 Å². The molecule has 1 N–H and O–H groups in total. The number of halogens is 1. The highest BCUT2D eigenvalue weighted by Gasteiger charge is 2.22. The van der Waals surface area contributed by atoms with Gasteiger partial charge in [-0.15, -0.1) is 0 Å². The summed E-state index contributed by atoms with van der Waals surface area (Å²) in [5.74, 6) is -1.73. The number of carbonyl (C=O) groups is 2. The topological polar surface area (TPSA) is 55.4 Å². The van der Waals surface area contributed by atoms with Gasteiger partial charge in [0.1, 0.15) is 11.9 Å². The summed E-state index contributed by atoms with van der Waals surface area (Å²) in [6, 6.07) is 4.91. The number of carbonyl (C=O) groups excluding carboxylic acids is 2. The SMILES string of the molecule is CCCC[C@H](NC(=O)c1ccccc1F)C(=O)OC. The number of amides is 1. The first-order chi connectivity index (χ1) is 9.10. The van der Waals surface area contributed by atoms with E-state index in [1.165, 1.54) is 25.3 Å². The summed E-state index contributed by atoms with van der Waals surface area (Å²) < 4.78 is 18.1. The number of methoxy groups -OCH3 is 1. The second-order valence-electron chi connectivity index (χ2n) is 4.17. The monoisotopic (exact) mass is 267 g/mol. The lowest BCUT2D eigenvalue weighted by Crippen LogP contribution is -2.41. The Morgan fingerprint density at radius 1 is 1.37 bits per heavy atom.